The zero-order valence-electron chi connectivity index (χ0n) is 13.4. The van der Waals surface area contributed by atoms with Gasteiger partial charge in [-0.05, 0) is 38.8 Å². The zero-order valence-corrected chi connectivity index (χ0v) is 14.2. The smallest absolute Gasteiger partial charge is 0.242 e. The number of ether oxygens (including phenoxy) is 1. The molecule has 1 unspecified atom stereocenters. The second kappa shape index (κ2) is 8.93. The summed E-state index contributed by atoms with van der Waals surface area (Å²) < 4.78 is 5.14. The van der Waals surface area contributed by atoms with E-state index < -0.39 is 0 Å². The summed E-state index contributed by atoms with van der Waals surface area (Å²) in [6, 6.07) is 0. The first-order valence-electron chi connectivity index (χ1n) is 7.97. The lowest BCUT2D eigenvalue weighted by Crippen LogP contribution is -2.55. The van der Waals surface area contributed by atoms with Crippen LogP contribution in [0, 0.1) is 0 Å². The second-order valence-corrected chi connectivity index (χ2v) is 5.95. The van der Waals surface area contributed by atoms with Crippen molar-refractivity contribution < 1.29 is 9.53 Å². The molecule has 0 bridgehead atoms. The van der Waals surface area contributed by atoms with Gasteiger partial charge in [0.05, 0.1) is 12.1 Å². The summed E-state index contributed by atoms with van der Waals surface area (Å²) in [6.07, 6.45) is 4.07. The summed E-state index contributed by atoms with van der Waals surface area (Å²) >= 11 is 0. The van der Waals surface area contributed by atoms with Crippen LogP contribution in [-0.2, 0) is 9.53 Å². The summed E-state index contributed by atoms with van der Waals surface area (Å²) in [4.78, 5) is 17.3. The third-order valence-corrected chi connectivity index (χ3v) is 4.74. The van der Waals surface area contributed by atoms with Crippen molar-refractivity contribution in [1.82, 2.24) is 15.1 Å². The number of hydrogen-bond acceptors (Lipinski definition) is 4. The average Bonchev–Trinajstić information content (AvgIpc) is 2.84. The molecule has 0 saturated carbocycles. The second-order valence-electron chi connectivity index (χ2n) is 5.95. The van der Waals surface area contributed by atoms with Crippen LogP contribution >= 0.6 is 12.4 Å². The lowest BCUT2D eigenvalue weighted by Gasteiger charge is -2.33. The van der Waals surface area contributed by atoms with Gasteiger partial charge in [0.15, 0.2) is 0 Å². The first-order valence-corrected chi connectivity index (χ1v) is 7.97. The van der Waals surface area contributed by atoms with Crippen molar-refractivity contribution in [1.29, 1.82) is 0 Å². The lowest BCUT2D eigenvalue weighted by atomic mass is 9.92. The molecule has 1 amide bonds. The highest BCUT2D eigenvalue weighted by atomic mass is 35.5. The minimum atomic E-state index is -0.276. The summed E-state index contributed by atoms with van der Waals surface area (Å²) in [5.74, 6) is 0.325. The molecule has 2 heterocycles. The van der Waals surface area contributed by atoms with E-state index >= 15 is 0 Å². The first kappa shape index (κ1) is 18.7. The van der Waals surface area contributed by atoms with Crippen molar-refractivity contribution in [3.05, 3.63) is 0 Å². The van der Waals surface area contributed by atoms with Crippen LogP contribution in [-0.4, -0.2) is 74.2 Å². The number of carbonyl (C=O) groups is 1. The van der Waals surface area contributed by atoms with E-state index in [9.17, 15) is 4.79 Å². The van der Waals surface area contributed by atoms with Crippen molar-refractivity contribution in [3.8, 4) is 0 Å². The van der Waals surface area contributed by atoms with Gasteiger partial charge in [-0.3, -0.25) is 9.69 Å². The van der Waals surface area contributed by atoms with Gasteiger partial charge in [-0.25, -0.2) is 0 Å². The maximum absolute atomic E-state index is 12.8. The molecule has 0 aliphatic carbocycles. The van der Waals surface area contributed by atoms with E-state index in [0.29, 0.717) is 5.91 Å². The number of methoxy groups -OCH3 is 1. The van der Waals surface area contributed by atoms with Gasteiger partial charge in [0.1, 0.15) is 0 Å². The Kier molecular flexibility index (Phi) is 7.95. The highest BCUT2D eigenvalue weighted by Crippen LogP contribution is 2.26. The van der Waals surface area contributed by atoms with Crippen LogP contribution in [0.15, 0.2) is 0 Å². The van der Waals surface area contributed by atoms with E-state index in [4.69, 9.17) is 4.74 Å². The van der Waals surface area contributed by atoms with E-state index in [0.717, 1.165) is 71.6 Å². The lowest BCUT2D eigenvalue weighted by molar-refractivity contribution is -0.137. The number of halogens is 1. The SMILES string of the molecule is CCC1(C(=O)N2CCCN(CCOC)CC2)CCCN1.Cl. The number of amides is 1. The molecular formula is C15H30ClN3O2. The summed E-state index contributed by atoms with van der Waals surface area (Å²) in [6.45, 7) is 8.63. The number of hydrogen-bond donors (Lipinski definition) is 1. The molecule has 124 valence electrons. The molecular weight excluding hydrogens is 290 g/mol. The van der Waals surface area contributed by atoms with E-state index in [2.05, 4.69) is 22.0 Å². The third-order valence-electron chi connectivity index (χ3n) is 4.74. The zero-order chi connectivity index (χ0) is 14.4. The van der Waals surface area contributed by atoms with Gasteiger partial charge in [-0.2, -0.15) is 0 Å². The van der Waals surface area contributed by atoms with E-state index in [1.807, 2.05) is 0 Å². The van der Waals surface area contributed by atoms with Crippen LogP contribution in [0.2, 0.25) is 0 Å². The Hall–Kier alpha value is -0.360. The van der Waals surface area contributed by atoms with Gasteiger partial charge < -0.3 is 15.0 Å². The van der Waals surface area contributed by atoms with E-state index in [1.54, 1.807) is 7.11 Å². The maximum atomic E-state index is 12.8. The quantitative estimate of drug-likeness (QED) is 0.825. The molecule has 2 rings (SSSR count). The van der Waals surface area contributed by atoms with Crippen LogP contribution in [0.1, 0.15) is 32.6 Å². The minimum Gasteiger partial charge on any atom is -0.383 e. The van der Waals surface area contributed by atoms with Crippen molar-refractivity contribution in [2.45, 2.75) is 38.1 Å². The standard InChI is InChI=1S/C15H29N3O2.ClH/c1-3-15(6-4-7-16-15)14(19)18-9-5-8-17(10-11-18)12-13-20-2;/h16H,3-13H2,1-2H3;1H. The molecule has 0 aromatic rings. The monoisotopic (exact) mass is 319 g/mol. The Balaban J connectivity index is 0.00000220. The van der Waals surface area contributed by atoms with Gasteiger partial charge in [-0.1, -0.05) is 6.92 Å². The molecule has 5 nitrogen and oxygen atoms in total. The molecule has 1 atom stereocenters. The Morgan fingerprint density at radius 3 is 2.67 bits per heavy atom. The van der Waals surface area contributed by atoms with Crippen molar-refractivity contribution in [2.24, 2.45) is 0 Å². The third kappa shape index (κ3) is 4.55. The predicted octanol–water partition coefficient (Wildman–Crippen LogP) is 1.12. The van der Waals surface area contributed by atoms with Crippen LogP contribution in [0.3, 0.4) is 0 Å². The van der Waals surface area contributed by atoms with Crippen LogP contribution in [0.5, 0.6) is 0 Å². The van der Waals surface area contributed by atoms with E-state index in [1.165, 1.54) is 0 Å². The highest BCUT2D eigenvalue weighted by molar-refractivity contribution is 5.86. The molecule has 21 heavy (non-hydrogen) atoms. The fourth-order valence-electron chi connectivity index (χ4n) is 3.36. The van der Waals surface area contributed by atoms with Gasteiger partial charge in [-0.15, -0.1) is 12.4 Å². The Morgan fingerprint density at radius 2 is 2.05 bits per heavy atom. The van der Waals surface area contributed by atoms with Crippen molar-refractivity contribution in [3.63, 3.8) is 0 Å². The molecule has 2 saturated heterocycles. The molecule has 0 aromatic heterocycles. The molecule has 2 fully saturated rings. The summed E-state index contributed by atoms with van der Waals surface area (Å²) in [5, 5.41) is 3.46. The van der Waals surface area contributed by atoms with Crippen molar-refractivity contribution >= 4 is 18.3 Å². The van der Waals surface area contributed by atoms with Gasteiger partial charge in [0.25, 0.3) is 0 Å². The van der Waals surface area contributed by atoms with Crippen LogP contribution < -0.4 is 5.32 Å². The Morgan fingerprint density at radius 1 is 1.24 bits per heavy atom. The molecule has 0 radical (unpaired) electrons. The number of nitrogens with one attached hydrogen (secondary N) is 1. The highest BCUT2D eigenvalue weighted by Gasteiger charge is 2.41. The molecule has 6 heteroatoms. The summed E-state index contributed by atoms with van der Waals surface area (Å²) in [7, 11) is 1.74. The maximum Gasteiger partial charge on any atom is 0.242 e. The molecule has 1 N–H and O–H groups in total. The van der Waals surface area contributed by atoms with E-state index in [-0.39, 0.29) is 17.9 Å². The Labute approximate surface area is 134 Å². The number of carbonyl (C=O) groups excluding carboxylic acids is 1. The largest absolute Gasteiger partial charge is 0.383 e. The van der Waals surface area contributed by atoms with Gasteiger partial charge in [0, 0.05) is 33.3 Å². The normalized spacial score (nSPS) is 27.2. The Bertz CT molecular complexity index is 322. The molecule has 0 spiro atoms. The van der Waals surface area contributed by atoms with Gasteiger partial charge >= 0.3 is 0 Å². The number of nitrogens with zero attached hydrogens (tertiary/aromatic N) is 2. The minimum absolute atomic E-state index is 0. The van der Waals surface area contributed by atoms with Crippen LogP contribution in [0.4, 0.5) is 0 Å². The molecule has 2 aliphatic heterocycles. The topological polar surface area (TPSA) is 44.8 Å². The predicted molar refractivity (Wildman–Crippen MR) is 87.0 cm³/mol. The summed E-state index contributed by atoms with van der Waals surface area (Å²) in [5.41, 5.74) is -0.276. The van der Waals surface area contributed by atoms with Gasteiger partial charge in [0.2, 0.25) is 5.91 Å². The molecule has 2 aliphatic rings. The fourth-order valence-corrected chi connectivity index (χ4v) is 3.36. The molecule has 0 aromatic carbocycles. The average molecular weight is 320 g/mol. The van der Waals surface area contributed by atoms with Crippen LogP contribution in [0.25, 0.3) is 0 Å². The van der Waals surface area contributed by atoms with Crippen molar-refractivity contribution in [2.75, 3.05) is 53.0 Å². The fraction of sp³-hybridized carbons (Fsp3) is 0.933. The first-order chi connectivity index (χ1) is 9.72. The number of rotatable bonds is 5.